The summed E-state index contributed by atoms with van der Waals surface area (Å²) in [5.74, 6) is 0. The van der Waals surface area contributed by atoms with E-state index in [-0.39, 0.29) is 0 Å². The molecule has 0 spiro atoms. The van der Waals surface area contributed by atoms with E-state index in [1.165, 1.54) is 38.5 Å². The van der Waals surface area contributed by atoms with Gasteiger partial charge in [0.2, 0.25) is 0 Å². The van der Waals surface area contributed by atoms with E-state index in [0.29, 0.717) is 6.04 Å². The van der Waals surface area contributed by atoms with E-state index in [0.717, 1.165) is 12.2 Å². The van der Waals surface area contributed by atoms with Crippen LogP contribution in [0.25, 0.3) is 0 Å². The molecule has 82 valence electrons. The summed E-state index contributed by atoms with van der Waals surface area (Å²) in [7, 11) is 0. The molecule has 0 saturated heterocycles. The van der Waals surface area contributed by atoms with Crippen LogP contribution in [0.2, 0.25) is 0 Å². The second kappa shape index (κ2) is 5.81. The molecule has 1 N–H and O–H groups in total. The van der Waals surface area contributed by atoms with Crippen LogP contribution in [0.1, 0.15) is 44.2 Å². The van der Waals surface area contributed by atoms with Crippen molar-refractivity contribution in [3.05, 3.63) is 24.3 Å². The summed E-state index contributed by atoms with van der Waals surface area (Å²) < 4.78 is 0. The highest BCUT2D eigenvalue weighted by atomic mass is 14.9. The quantitative estimate of drug-likeness (QED) is 0.769. The fourth-order valence-corrected chi connectivity index (χ4v) is 2.15. The number of rotatable bonds is 3. The molecule has 0 aromatic carbocycles. The lowest BCUT2D eigenvalue weighted by Crippen LogP contribution is -2.28. The summed E-state index contributed by atoms with van der Waals surface area (Å²) in [5.41, 5.74) is 1.04. The minimum Gasteiger partial charge on any atom is -0.308 e. The molecule has 0 amide bonds. The SMILES string of the molecule is c1cnc(CNC2CCCCCC2)cn1. The summed E-state index contributed by atoms with van der Waals surface area (Å²) >= 11 is 0. The van der Waals surface area contributed by atoms with E-state index in [1.54, 1.807) is 12.4 Å². The standard InChI is InChI=1S/C12H19N3/c1-2-4-6-11(5-3-1)15-10-12-9-13-7-8-14-12/h7-9,11,15H,1-6,10H2. The molecule has 3 heteroatoms. The molecule has 1 aromatic rings. The molecule has 0 aliphatic heterocycles. The minimum atomic E-state index is 0.689. The predicted molar refractivity (Wildman–Crippen MR) is 60.4 cm³/mol. The molecule has 15 heavy (non-hydrogen) atoms. The van der Waals surface area contributed by atoms with Crippen molar-refractivity contribution in [1.82, 2.24) is 15.3 Å². The zero-order valence-electron chi connectivity index (χ0n) is 9.15. The fourth-order valence-electron chi connectivity index (χ4n) is 2.15. The highest BCUT2D eigenvalue weighted by molar-refractivity contribution is 4.94. The molecule has 0 bridgehead atoms. The number of nitrogens with zero attached hydrogens (tertiary/aromatic N) is 2. The van der Waals surface area contributed by atoms with Gasteiger partial charge in [0.05, 0.1) is 5.69 Å². The van der Waals surface area contributed by atoms with E-state index >= 15 is 0 Å². The molecule has 1 fully saturated rings. The molecule has 1 heterocycles. The topological polar surface area (TPSA) is 37.8 Å². The Labute approximate surface area is 91.3 Å². The maximum Gasteiger partial charge on any atom is 0.0724 e. The highest BCUT2D eigenvalue weighted by Crippen LogP contribution is 2.17. The summed E-state index contributed by atoms with van der Waals surface area (Å²) in [6.07, 6.45) is 13.5. The van der Waals surface area contributed by atoms with Gasteiger partial charge in [0.25, 0.3) is 0 Å². The summed E-state index contributed by atoms with van der Waals surface area (Å²) in [6.45, 7) is 0.860. The van der Waals surface area contributed by atoms with Crippen LogP contribution in [-0.4, -0.2) is 16.0 Å². The second-order valence-corrected chi connectivity index (χ2v) is 4.27. The van der Waals surface area contributed by atoms with Crippen LogP contribution in [0.4, 0.5) is 0 Å². The maximum atomic E-state index is 4.26. The van der Waals surface area contributed by atoms with Crippen LogP contribution in [-0.2, 0) is 6.54 Å². The maximum absolute atomic E-state index is 4.26. The Morgan fingerprint density at radius 3 is 2.60 bits per heavy atom. The smallest absolute Gasteiger partial charge is 0.0724 e. The largest absolute Gasteiger partial charge is 0.308 e. The van der Waals surface area contributed by atoms with Gasteiger partial charge in [0, 0.05) is 31.2 Å². The van der Waals surface area contributed by atoms with Crippen molar-refractivity contribution in [3.8, 4) is 0 Å². The van der Waals surface area contributed by atoms with Gasteiger partial charge in [-0.05, 0) is 12.8 Å². The first kappa shape index (κ1) is 10.6. The van der Waals surface area contributed by atoms with Crippen molar-refractivity contribution < 1.29 is 0 Å². The first-order chi connectivity index (χ1) is 7.45. The molecular weight excluding hydrogens is 186 g/mol. The van der Waals surface area contributed by atoms with Crippen LogP contribution >= 0.6 is 0 Å². The zero-order chi connectivity index (χ0) is 10.3. The van der Waals surface area contributed by atoms with Gasteiger partial charge < -0.3 is 5.32 Å². The van der Waals surface area contributed by atoms with E-state index < -0.39 is 0 Å². The van der Waals surface area contributed by atoms with E-state index in [4.69, 9.17) is 0 Å². The van der Waals surface area contributed by atoms with Crippen LogP contribution in [0.3, 0.4) is 0 Å². The molecule has 0 unspecified atom stereocenters. The summed E-state index contributed by atoms with van der Waals surface area (Å²) in [6, 6.07) is 0.689. The third-order valence-electron chi connectivity index (χ3n) is 3.04. The van der Waals surface area contributed by atoms with Crippen LogP contribution in [0.15, 0.2) is 18.6 Å². The lowest BCUT2D eigenvalue weighted by molar-refractivity contribution is 0.456. The number of nitrogens with one attached hydrogen (secondary N) is 1. The Morgan fingerprint density at radius 2 is 1.93 bits per heavy atom. The summed E-state index contributed by atoms with van der Waals surface area (Å²) in [5, 5.41) is 3.58. The van der Waals surface area contributed by atoms with Crippen molar-refractivity contribution in [2.45, 2.75) is 51.1 Å². The number of hydrogen-bond acceptors (Lipinski definition) is 3. The van der Waals surface area contributed by atoms with E-state index in [9.17, 15) is 0 Å². The Hall–Kier alpha value is -0.960. The Morgan fingerprint density at radius 1 is 1.13 bits per heavy atom. The van der Waals surface area contributed by atoms with Gasteiger partial charge in [-0.2, -0.15) is 0 Å². The van der Waals surface area contributed by atoms with Gasteiger partial charge in [0.15, 0.2) is 0 Å². The average Bonchev–Trinajstić information content (AvgIpc) is 2.56. The molecule has 1 aliphatic carbocycles. The zero-order valence-corrected chi connectivity index (χ0v) is 9.15. The summed E-state index contributed by atoms with van der Waals surface area (Å²) in [4.78, 5) is 8.33. The van der Waals surface area contributed by atoms with Crippen molar-refractivity contribution in [2.24, 2.45) is 0 Å². The molecule has 1 aromatic heterocycles. The van der Waals surface area contributed by atoms with Gasteiger partial charge in [0.1, 0.15) is 0 Å². The molecule has 0 atom stereocenters. The van der Waals surface area contributed by atoms with Crippen LogP contribution < -0.4 is 5.32 Å². The van der Waals surface area contributed by atoms with E-state index in [1.807, 2.05) is 6.20 Å². The molecule has 2 rings (SSSR count). The van der Waals surface area contributed by atoms with Gasteiger partial charge in [-0.3, -0.25) is 9.97 Å². The minimum absolute atomic E-state index is 0.689. The third kappa shape index (κ3) is 3.59. The molecule has 1 aliphatic rings. The fraction of sp³-hybridized carbons (Fsp3) is 0.667. The monoisotopic (exact) mass is 205 g/mol. The first-order valence-electron chi connectivity index (χ1n) is 5.93. The Balaban J connectivity index is 1.77. The van der Waals surface area contributed by atoms with Crippen molar-refractivity contribution in [3.63, 3.8) is 0 Å². The van der Waals surface area contributed by atoms with Crippen LogP contribution in [0.5, 0.6) is 0 Å². The van der Waals surface area contributed by atoms with Gasteiger partial charge in [-0.25, -0.2) is 0 Å². The van der Waals surface area contributed by atoms with Gasteiger partial charge >= 0.3 is 0 Å². The molecular formula is C12H19N3. The van der Waals surface area contributed by atoms with Crippen LogP contribution in [0, 0.1) is 0 Å². The van der Waals surface area contributed by atoms with Crippen molar-refractivity contribution in [1.29, 1.82) is 0 Å². The van der Waals surface area contributed by atoms with E-state index in [2.05, 4.69) is 15.3 Å². The molecule has 1 saturated carbocycles. The normalized spacial score (nSPS) is 18.7. The van der Waals surface area contributed by atoms with Crippen molar-refractivity contribution in [2.75, 3.05) is 0 Å². The number of hydrogen-bond donors (Lipinski definition) is 1. The van der Waals surface area contributed by atoms with Gasteiger partial charge in [-0.1, -0.05) is 25.7 Å². The number of aromatic nitrogens is 2. The molecule has 3 nitrogen and oxygen atoms in total. The van der Waals surface area contributed by atoms with Crippen molar-refractivity contribution >= 4 is 0 Å². The lowest BCUT2D eigenvalue weighted by Gasteiger charge is -2.15. The Bertz CT molecular complexity index is 265. The lowest BCUT2D eigenvalue weighted by atomic mass is 10.1. The highest BCUT2D eigenvalue weighted by Gasteiger charge is 2.11. The average molecular weight is 205 g/mol. The second-order valence-electron chi connectivity index (χ2n) is 4.27. The third-order valence-corrected chi connectivity index (χ3v) is 3.04. The Kier molecular flexibility index (Phi) is 4.09. The predicted octanol–water partition coefficient (Wildman–Crippen LogP) is 2.29. The first-order valence-corrected chi connectivity index (χ1v) is 5.93. The molecule has 0 radical (unpaired) electrons. The van der Waals surface area contributed by atoms with Gasteiger partial charge in [-0.15, -0.1) is 0 Å².